The van der Waals surface area contributed by atoms with Crippen molar-refractivity contribution in [3.8, 4) is 0 Å². The van der Waals surface area contributed by atoms with Crippen molar-refractivity contribution in [2.75, 3.05) is 12.3 Å². The maximum absolute atomic E-state index is 12.9. The molecule has 2 amide bonds. The number of amidine groups is 1. The predicted molar refractivity (Wildman–Crippen MR) is 102 cm³/mol. The fourth-order valence-corrected chi connectivity index (χ4v) is 4.62. The van der Waals surface area contributed by atoms with Crippen molar-refractivity contribution in [1.29, 1.82) is 0 Å². The summed E-state index contributed by atoms with van der Waals surface area (Å²) in [5.74, 6) is 1.04. The SMILES string of the molecule is O=C1NC2CCC(C3=NNC(=NCCc4ccc(F)cc4)SC3)CC2N1. The van der Waals surface area contributed by atoms with E-state index < -0.39 is 0 Å². The van der Waals surface area contributed by atoms with Gasteiger partial charge in [0.2, 0.25) is 0 Å². The Hall–Kier alpha value is -2.09. The van der Waals surface area contributed by atoms with Crippen LogP contribution >= 0.6 is 11.8 Å². The number of fused-ring (bicyclic) bond motifs is 1. The fraction of sp³-hybridized carbons (Fsp3) is 0.500. The fourth-order valence-electron chi connectivity index (χ4n) is 3.74. The van der Waals surface area contributed by atoms with E-state index in [1.165, 1.54) is 12.1 Å². The highest BCUT2D eigenvalue weighted by atomic mass is 32.2. The number of aliphatic imine (C=N–C) groups is 1. The molecule has 3 aliphatic rings. The molecule has 1 saturated carbocycles. The van der Waals surface area contributed by atoms with Gasteiger partial charge in [0.1, 0.15) is 5.82 Å². The summed E-state index contributed by atoms with van der Waals surface area (Å²) in [5, 5.41) is 11.3. The average Bonchev–Trinajstić information content (AvgIpc) is 3.03. The summed E-state index contributed by atoms with van der Waals surface area (Å²) in [4.78, 5) is 16.0. The van der Waals surface area contributed by atoms with Crippen LogP contribution in [0.4, 0.5) is 9.18 Å². The van der Waals surface area contributed by atoms with Gasteiger partial charge in [-0.3, -0.25) is 10.4 Å². The first-order valence-corrected chi connectivity index (χ1v) is 9.97. The number of hydrogen-bond acceptors (Lipinski definition) is 4. The highest BCUT2D eigenvalue weighted by molar-refractivity contribution is 8.14. The topological polar surface area (TPSA) is 77.9 Å². The maximum atomic E-state index is 12.9. The molecule has 1 aromatic carbocycles. The minimum Gasteiger partial charge on any atom is -0.333 e. The van der Waals surface area contributed by atoms with E-state index in [0.717, 1.165) is 47.9 Å². The van der Waals surface area contributed by atoms with Gasteiger partial charge in [0.25, 0.3) is 0 Å². The Labute approximate surface area is 156 Å². The minimum atomic E-state index is -0.214. The Morgan fingerprint density at radius 1 is 1.19 bits per heavy atom. The van der Waals surface area contributed by atoms with Crippen LogP contribution in [0.3, 0.4) is 0 Å². The van der Waals surface area contributed by atoms with Gasteiger partial charge < -0.3 is 10.6 Å². The summed E-state index contributed by atoms with van der Waals surface area (Å²) < 4.78 is 12.9. The van der Waals surface area contributed by atoms with Gasteiger partial charge in [-0.15, -0.1) is 0 Å². The molecule has 2 heterocycles. The summed E-state index contributed by atoms with van der Waals surface area (Å²) in [6.07, 6.45) is 3.78. The molecule has 3 unspecified atom stereocenters. The Kier molecular flexibility index (Phi) is 5.10. The van der Waals surface area contributed by atoms with Crippen molar-refractivity contribution in [3.63, 3.8) is 0 Å². The van der Waals surface area contributed by atoms with Gasteiger partial charge in [0, 0.05) is 18.2 Å². The zero-order valence-electron chi connectivity index (χ0n) is 14.4. The van der Waals surface area contributed by atoms with Crippen molar-refractivity contribution < 1.29 is 9.18 Å². The maximum Gasteiger partial charge on any atom is 0.315 e. The number of halogens is 1. The van der Waals surface area contributed by atoms with E-state index in [1.807, 2.05) is 0 Å². The van der Waals surface area contributed by atoms with E-state index in [9.17, 15) is 9.18 Å². The predicted octanol–water partition coefficient (Wildman–Crippen LogP) is 2.27. The first-order chi connectivity index (χ1) is 12.7. The molecule has 1 saturated heterocycles. The van der Waals surface area contributed by atoms with Gasteiger partial charge in [0.05, 0.1) is 17.8 Å². The Bertz CT molecular complexity index is 736. The summed E-state index contributed by atoms with van der Waals surface area (Å²) in [7, 11) is 0. The lowest BCUT2D eigenvalue weighted by atomic mass is 9.81. The highest BCUT2D eigenvalue weighted by Gasteiger charge is 2.38. The van der Waals surface area contributed by atoms with E-state index in [2.05, 4.69) is 26.2 Å². The van der Waals surface area contributed by atoms with Crippen LogP contribution in [0.5, 0.6) is 0 Å². The molecule has 4 rings (SSSR count). The van der Waals surface area contributed by atoms with Crippen molar-refractivity contribution in [1.82, 2.24) is 16.1 Å². The van der Waals surface area contributed by atoms with E-state index in [4.69, 9.17) is 0 Å². The molecule has 3 atom stereocenters. The monoisotopic (exact) mass is 375 g/mol. The molecule has 6 nitrogen and oxygen atoms in total. The van der Waals surface area contributed by atoms with Crippen LogP contribution in [-0.4, -0.2) is 41.3 Å². The Morgan fingerprint density at radius 2 is 2.00 bits per heavy atom. The molecular formula is C18H22FN5OS. The van der Waals surface area contributed by atoms with E-state index in [-0.39, 0.29) is 23.9 Å². The van der Waals surface area contributed by atoms with Gasteiger partial charge >= 0.3 is 6.03 Å². The molecule has 1 aliphatic carbocycles. The molecule has 8 heteroatoms. The lowest BCUT2D eigenvalue weighted by Crippen LogP contribution is -2.43. The lowest BCUT2D eigenvalue weighted by molar-refractivity contribution is 0.247. The van der Waals surface area contributed by atoms with Crippen molar-refractivity contribution in [3.05, 3.63) is 35.6 Å². The number of benzene rings is 1. The molecule has 1 aromatic rings. The van der Waals surface area contributed by atoms with Crippen LogP contribution in [0.2, 0.25) is 0 Å². The van der Waals surface area contributed by atoms with Crippen LogP contribution < -0.4 is 16.1 Å². The molecule has 0 spiro atoms. The number of carbonyl (C=O) groups excluding carboxylic acids is 1. The van der Waals surface area contributed by atoms with Gasteiger partial charge in [-0.1, -0.05) is 23.9 Å². The van der Waals surface area contributed by atoms with Gasteiger partial charge in [-0.25, -0.2) is 9.18 Å². The number of urea groups is 1. The summed E-state index contributed by atoms with van der Waals surface area (Å²) in [6, 6.07) is 6.98. The number of rotatable bonds is 4. The average molecular weight is 375 g/mol. The van der Waals surface area contributed by atoms with Gasteiger partial charge in [-0.2, -0.15) is 5.10 Å². The summed E-state index contributed by atoms with van der Waals surface area (Å²) >= 11 is 1.67. The number of hydrogen-bond donors (Lipinski definition) is 3. The van der Waals surface area contributed by atoms with Crippen molar-refractivity contribution in [2.45, 2.75) is 37.8 Å². The number of thioether (sulfide) groups is 1. The number of amides is 2. The first-order valence-electron chi connectivity index (χ1n) is 8.98. The van der Waals surface area contributed by atoms with Crippen LogP contribution in [-0.2, 0) is 6.42 Å². The van der Waals surface area contributed by atoms with Gasteiger partial charge in [-0.05, 0) is 43.4 Å². The van der Waals surface area contributed by atoms with E-state index in [0.29, 0.717) is 12.5 Å². The van der Waals surface area contributed by atoms with E-state index in [1.54, 1.807) is 23.9 Å². The highest BCUT2D eigenvalue weighted by Crippen LogP contribution is 2.30. The van der Waals surface area contributed by atoms with Crippen LogP contribution in [0.15, 0.2) is 34.4 Å². The molecule has 0 bridgehead atoms. The van der Waals surface area contributed by atoms with E-state index >= 15 is 0 Å². The largest absolute Gasteiger partial charge is 0.333 e. The Morgan fingerprint density at radius 3 is 2.77 bits per heavy atom. The van der Waals surface area contributed by atoms with Crippen LogP contribution in [0.25, 0.3) is 0 Å². The molecular weight excluding hydrogens is 353 g/mol. The number of nitrogens with zero attached hydrogens (tertiary/aromatic N) is 2. The second kappa shape index (κ2) is 7.65. The quantitative estimate of drug-likeness (QED) is 0.755. The second-order valence-electron chi connectivity index (χ2n) is 6.91. The summed E-state index contributed by atoms with van der Waals surface area (Å²) in [5.41, 5.74) is 5.30. The second-order valence-corrected chi connectivity index (χ2v) is 7.87. The molecule has 2 aliphatic heterocycles. The van der Waals surface area contributed by atoms with Crippen molar-refractivity contribution in [2.24, 2.45) is 16.0 Å². The third-order valence-electron chi connectivity index (χ3n) is 5.18. The molecule has 0 aromatic heterocycles. The first kappa shape index (κ1) is 17.3. The third-order valence-corrected chi connectivity index (χ3v) is 6.11. The normalized spacial score (nSPS) is 29.4. The van der Waals surface area contributed by atoms with Gasteiger partial charge in [0.15, 0.2) is 5.17 Å². The van der Waals surface area contributed by atoms with Crippen LogP contribution in [0, 0.1) is 11.7 Å². The standard InChI is InChI=1S/C18H22FN5OS/c19-13-4-1-11(2-5-13)7-8-20-18-24-23-16(10-26-18)12-3-6-14-15(9-12)22-17(25)21-14/h1-2,4-5,12,14-15H,3,6-10H2,(H,20,24)(H2,21,22,25). The molecule has 2 fully saturated rings. The Balaban J connectivity index is 1.28. The minimum absolute atomic E-state index is 0.0469. The number of nitrogens with one attached hydrogen (secondary N) is 3. The summed E-state index contributed by atoms with van der Waals surface area (Å²) in [6.45, 7) is 0.650. The molecule has 0 radical (unpaired) electrons. The zero-order valence-corrected chi connectivity index (χ0v) is 15.2. The number of hydrazone groups is 1. The smallest absolute Gasteiger partial charge is 0.315 e. The molecule has 3 N–H and O–H groups in total. The number of carbonyl (C=O) groups is 1. The molecule has 138 valence electrons. The third kappa shape index (κ3) is 4.00. The molecule has 26 heavy (non-hydrogen) atoms. The lowest BCUT2D eigenvalue weighted by Gasteiger charge is -2.32. The van der Waals surface area contributed by atoms with Crippen LogP contribution in [0.1, 0.15) is 24.8 Å². The zero-order chi connectivity index (χ0) is 17.9. The van der Waals surface area contributed by atoms with Crippen molar-refractivity contribution >= 4 is 28.7 Å².